The molecule has 0 aliphatic heterocycles. The topological polar surface area (TPSA) is 24.9 Å². The van der Waals surface area contributed by atoms with Gasteiger partial charge in [0.1, 0.15) is 0 Å². The molecule has 3 heteroatoms. The second kappa shape index (κ2) is 7.39. The molecular weight excluding hydrogens is 252 g/mol. The maximum absolute atomic E-state index is 4.61. The lowest BCUT2D eigenvalue weighted by atomic mass is 9.84. The highest BCUT2D eigenvalue weighted by Crippen LogP contribution is 2.35. The number of hydrogen-bond donors (Lipinski definition) is 1. The van der Waals surface area contributed by atoms with E-state index >= 15 is 0 Å². The summed E-state index contributed by atoms with van der Waals surface area (Å²) < 4.78 is 0. The number of hydrogen-bond acceptors (Lipinski definition) is 3. The lowest BCUT2D eigenvalue weighted by Gasteiger charge is -2.27. The molecule has 1 unspecified atom stereocenters. The highest BCUT2D eigenvalue weighted by molar-refractivity contribution is 7.11. The van der Waals surface area contributed by atoms with Gasteiger partial charge in [0.05, 0.1) is 10.7 Å². The lowest BCUT2D eigenvalue weighted by Crippen LogP contribution is -2.25. The molecule has 0 radical (unpaired) electrons. The molecule has 0 saturated heterocycles. The monoisotopic (exact) mass is 280 g/mol. The number of aromatic nitrogens is 1. The number of nitrogens with zero attached hydrogens (tertiary/aromatic N) is 1. The quantitative estimate of drug-likeness (QED) is 0.812. The molecule has 2 rings (SSSR count). The number of rotatable bonds is 6. The summed E-state index contributed by atoms with van der Waals surface area (Å²) in [5, 5.41) is 4.97. The van der Waals surface area contributed by atoms with Crippen LogP contribution in [0, 0.1) is 19.8 Å². The summed E-state index contributed by atoms with van der Waals surface area (Å²) >= 11 is 1.89. The van der Waals surface area contributed by atoms with Gasteiger partial charge in [0.2, 0.25) is 0 Å². The van der Waals surface area contributed by atoms with Crippen LogP contribution >= 0.6 is 11.3 Å². The van der Waals surface area contributed by atoms with E-state index in [1.54, 1.807) is 0 Å². The summed E-state index contributed by atoms with van der Waals surface area (Å²) in [6, 6.07) is 0.536. The average molecular weight is 280 g/mol. The third-order valence-corrected chi connectivity index (χ3v) is 5.38. The Morgan fingerprint density at radius 3 is 2.58 bits per heavy atom. The first-order valence-corrected chi connectivity index (χ1v) is 8.69. The molecule has 19 heavy (non-hydrogen) atoms. The van der Waals surface area contributed by atoms with Crippen LogP contribution in [0.15, 0.2) is 0 Å². The van der Waals surface area contributed by atoms with Crippen LogP contribution in [0.1, 0.15) is 73.5 Å². The molecular formula is C16H28N2S. The Morgan fingerprint density at radius 2 is 2.00 bits per heavy atom. The van der Waals surface area contributed by atoms with Crippen LogP contribution in [-0.2, 0) is 0 Å². The van der Waals surface area contributed by atoms with Gasteiger partial charge >= 0.3 is 0 Å². The molecule has 1 aliphatic rings. The normalized spacial score (nSPS) is 18.7. The largest absolute Gasteiger partial charge is 0.309 e. The summed E-state index contributed by atoms with van der Waals surface area (Å²) in [6.45, 7) is 7.65. The molecule has 1 fully saturated rings. The van der Waals surface area contributed by atoms with Crippen molar-refractivity contribution in [1.29, 1.82) is 0 Å². The minimum Gasteiger partial charge on any atom is -0.309 e. The van der Waals surface area contributed by atoms with Gasteiger partial charge in [-0.3, -0.25) is 0 Å². The summed E-state index contributed by atoms with van der Waals surface area (Å²) in [5.74, 6) is 0.921. The molecule has 108 valence electrons. The Kier molecular flexibility index (Phi) is 5.83. The zero-order valence-corrected chi connectivity index (χ0v) is 13.5. The van der Waals surface area contributed by atoms with Gasteiger partial charge in [-0.25, -0.2) is 4.98 Å². The van der Waals surface area contributed by atoms with Gasteiger partial charge in [0.15, 0.2) is 0 Å². The Labute approximate surface area is 122 Å². The highest BCUT2D eigenvalue weighted by atomic mass is 32.1. The number of aryl methyl sites for hydroxylation is 2. The van der Waals surface area contributed by atoms with Gasteiger partial charge in [-0.1, -0.05) is 39.0 Å². The molecule has 0 amide bonds. The van der Waals surface area contributed by atoms with Crippen LogP contribution in [0.25, 0.3) is 0 Å². The zero-order chi connectivity index (χ0) is 13.7. The average Bonchev–Trinajstić information content (AvgIpc) is 2.75. The first-order chi connectivity index (χ1) is 9.20. The third-order valence-electron chi connectivity index (χ3n) is 4.19. The molecule has 1 aliphatic carbocycles. The molecule has 1 N–H and O–H groups in total. The van der Waals surface area contributed by atoms with Crippen molar-refractivity contribution < 1.29 is 0 Å². The van der Waals surface area contributed by atoms with E-state index in [1.807, 2.05) is 11.3 Å². The van der Waals surface area contributed by atoms with Crippen LogP contribution in [0.4, 0.5) is 0 Å². The smallest absolute Gasteiger partial charge is 0.0900 e. The molecule has 0 bridgehead atoms. The predicted octanol–water partition coefficient (Wildman–Crippen LogP) is 4.77. The van der Waals surface area contributed by atoms with Crippen molar-refractivity contribution in [1.82, 2.24) is 10.3 Å². The first-order valence-electron chi connectivity index (χ1n) is 7.88. The minimum absolute atomic E-state index is 0.536. The van der Waals surface area contributed by atoms with E-state index in [1.165, 1.54) is 60.5 Å². The molecule has 1 aromatic rings. The van der Waals surface area contributed by atoms with E-state index in [0.717, 1.165) is 12.5 Å². The van der Waals surface area contributed by atoms with Gasteiger partial charge in [0.25, 0.3) is 0 Å². The van der Waals surface area contributed by atoms with Crippen molar-refractivity contribution in [3.63, 3.8) is 0 Å². The zero-order valence-electron chi connectivity index (χ0n) is 12.7. The second-order valence-electron chi connectivity index (χ2n) is 5.93. The van der Waals surface area contributed by atoms with Crippen molar-refractivity contribution in [2.45, 2.75) is 71.8 Å². The third kappa shape index (κ3) is 4.28. The fourth-order valence-corrected chi connectivity index (χ4v) is 4.24. The van der Waals surface area contributed by atoms with Crippen LogP contribution in [0.2, 0.25) is 0 Å². The van der Waals surface area contributed by atoms with E-state index in [2.05, 4.69) is 31.1 Å². The van der Waals surface area contributed by atoms with Gasteiger partial charge < -0.3 is 5.32 Å². The Morgan fingerprint density at radius 1 is 1.26 bits per heavy atom. The summed E-state index contributed by atoms with van der Waals surface area (Å²) in [6.07, 6.45) is 9.70. The van der Waals surface area contributed by atoms with Crippen LogP contribution < -0.4 is 5.32 Å². The van der Waals surface area contributed by atoms with Crippen molar-refractivity contribution in [3.05, 3.63) is 15.6 Å². The van der Waals surface area contributed by atoms with Crippen LogP contribution in [0.5, 0.6) is 0 Å². The maximum atomic E-state index is 4.61. The first kappa shape index (κ1) is 15.0. The van der Waals surface area contributed by atoms with Gasteiger partial charge in [-0.2, -0.15) is 0 Å². The second-order valence-corrected chi connectivity index (χ2v) is 7.16. The lowest BCUT2D eigenvalue weighted by molar-refractivity contribution is 0.301. The van der Waals surface area contributed by atoms with Crippen molar-refractivity contribution in [2.24, 2.45) is 5.92 Å². The van der Waals surface area contributed by atoms with E-state index in [-0.39, 0.29) is 0 Å². The van der Waals surface area contributed by atoms with Crippen LogP contribution in [-0.4, -0.2) is 11.5 Å². The molecule has 1 aromatic heterocycles. The Hall–Kier alpha value is -0.410. The highest BCUT2D eigenvalue weighted by Gasteiger charge is 2.22. The van der Waals surface area contributed by atoms with Gasteiger partial charge in [-0.15, -0.1) is 11.3 Å². The number of nitrogens with one attached hydrogen (secondary N) is 1. The molecule has 2 nitrogen and oxygen atoms in total. The molecule has 1 atom stereocenters. The molecule has 1 saturated carbocycles. The predicted molar refractivity (Wildman–Crippen MR) is 83.8 cm³/mol. The summed E-state index contributed by atoms with van der Waals surface area (Å²) in [7, 11) is 0. The fourth-order valence-electron chi connectivity index (χ4n) is 3.23. The fraction of sp³-hybridized carbons (Fsp3) is 0.812. The minimum atomic E-state index is 0.536. The van der Waals surface area contributed by atoms with E-state index in [9.17, 15) is 0 Å². The van der Waals surface area contributed by atoms with Crippen molar-refractivity contribution in [2.75, 3.05) is 6.54 Å². The molecule has 0 aromatic carbocycles. The summed E-state index contributed by atoms with van der Waals surface area (Å²) in [4.78, 5) is 6.09. The SMILES string of the molecule is CCCNC(CC1CCCCC1)c1sc(C)nc1C. The van der Waals surface area contributed by atoms with E-state index < -0.39 is 0 Å². The molecule has 1 heterocycles. The van der Waals surface area contributed by atoms with Gasteiger partial charge in [0, 0.05) is 10.9 Å². The van der Waals surface area contributed by atoms with Gasteiger partial charge in [-0.05, 0) is 39.2 Å². The maximum Gasteiger partial charge on any atom is 0.0900 e. The Balaban J connectivity index is 2.04. The number of thiazole rings is 1. The standard InChI is InChI=1S/C16H28N2S/c1-4-10-17-15(11-14-8-6-5-7-9-14)16-12(2)18-13(3)19-16/h14-15,17H,4-11H2,1-3H3. The summed E-state index contributed by atoms with van der Waals surface area (Å²) in [5.41, 5.74) is 1.24. The van der Waals surface area contributed by atoms with Crippen LogP contribution in [0.3, 0.4) is 0 Å². The molecule has 0 spiro atoms. The van der Waals surface area contributed by atoms with E-state index in [0.29, 0.717) is 6.04 Å². The van der Waals surface area contributed by atoms with Crippen molar-refractivity contribution >= 4 is 11.3 Å². The van der Waals surface area contributed by atoms with Crippen molar-refractivity contribution in [3.8, 4) is 0 Å². The van der Waals surface area contributed by atoms with E-state index in [4.69, 9.17) is 0 Å². The Bertz CT molecular complexity index is 380.